The van der Waals surface area contributed by atoms with Crippen molar-refractivity contribution in [1.82, 2.24) is 10.2 Å². The average molecular weight is 549 g/mol. The van der Waals surface area contributed by atoms with Gasteiger partial charge in [0.25, 0.3) is 5.91 Å². The van der Waals surface area contributed by atoms with Gasteiger partial charge in [-0.3, -0.25) is 9.69 Å². The summed E-state index contributed by atoms with van der Waals surface area (Å²) in [6.45, 7) is 2.99. The molecule has 0 heterocycles. The number of carbonyl (C=O) groups excluding carboxylic acids is 1. The van der Waals surface area contributed by atoms with Gasteiger partial charge in [0, 0.05) is 23.7 Å². The van der Waals surface area contributed by atoms with Gasteiger partial charge >= 0.3 is 5.97 Å². The predicted molar refractivity (Wildman–Crippen MR) is 160 cm³/mol. The Bertz CT molecular complexity index is 1170. The molecule has 0 aromatic heterocycles. The fourth-order valence-corrected chi connectivity index (χ4v) is 7.13. The molecule has 39 heavy (non-hydrogen) atoms. The predicted octanol–water partition coefficient (Wildman–Crippen LogP) is 7.07. The van der Waals surface area contributed by atoms with E-state index in [0.29, 0.717) is 29.3 Å². The molecule has 1 atom stereocenters. The highest BCUT2D eigenvalue weighted by molar-refractivity contribution is 7.98. The van der Waals surface area contributed by atoms with Gasteiger partial charge in [-0.1, -0.05) is 62.4 Å². The molecule has 1 amide bonds. The van der Waals surface area contributed by atoms with Gasteiger partial charge in [-0.15, -0.1) is 0 Å². The number of carboxylic acid groups (broad SMARTS) is 1. The molecule has 2 aromatic carbocycles. The summed E-state index contributed by atoms with van der Waals surface area (Å²) < 4.78 is 0. The van der Waals surface area contributed by atoms with Crippen LogP contribution in [-0.2, 0) is 11.3 Å². The molecule has 0 bridgehead atoms. The van der Waals surface area contributed by atoms with Crippen LogP contribution in [0.15, 0.2) is 42.5 Å². The summed E-state index contributed by atoms with van der Waals surface area (Å²) in [7, 11) is 0. The van der Waals surface area contributed by atoms with E-state index in [1.54, 1.807) is 11.8 Å². The summed E-state index contributed by atoms with van der Waals surface area (Å²) in [5.41, 5.74) is 5.19. The molecule has 0 saturated heterocycles. The zero-order valence-electron chi connectivity index (χ0n) is 23.6. The highest BCUT2D eigenvalue weighted by Crippen LogP contribution is 2.53. The van der Waals surface area contributed by atoms with Crippen LogP contribution in [0.4, 0.5) is 0 Å². The Balaban J connectivity index is 1.41. The summed E-state index contributed by atoms with van der Waals surface area (Å²) in [6, 6.07) is 14.2. The molecule has 6 heteroatoms. The summed E-state index contributed by atoms with van der Waals surface area (Å²) >= 11 is 1.59. The Morgan fingerprint density at radius 2 is 1.79 bits per heavy atom. The van der Waals surface area contributed by atoms with Crippen molar-refractivity contribution in [2.24, 2.45) is 5.92 Å². The summed E-state index contributed by atoms with van der Waals surface area (Å²) in [5.74, 6) is 0.257. The standard InChI is InChI=1S/C33H44N2O3S/c1-23-8-6-7-11-27(23)29-20-25(12-15-28(29)31(36)34-30(32(37)38)16-19-39-2)22-35(26-13-14-26)33(17-18-33)21-24-9-4-3-5-10-24/h6-8,11-12,15,20,24,26,30H,3-5,9-10,13-14,16-19,21-22H2,1-2H3,(H,34,36)(H,37,38)/t30-/m0/s1. The Kier molecular flexibility index (Phi) is 9.02. The molecule has 5 nitrogen and oxygen atoms in total. The van der Waals surface area contributed by atoms with E-state index in [1.807, 2.05) is 24.5 Å². The van der Waals surface area contributed by atoms with E-state index in [1.165, 1.54) is 69.8 Å². The van der Waals surface area contributed by atoms with Crippen LogP contribution < -0.4 is 5.32 Å². The number of hydrogen-bond donors (Lipinski definition) is 2. The molecule has 210 valence electrons. The van der Waals surface area contributed by atoms with Crippen molar-refractivity contribution in [3.8, 4) is 11.1 Å². The lowest BCUT2D eigenvalue weighted by molar-refractivity contribution is -0.139. The lowest BCUT2D eigenvalue weighted by atomic mass is 9.83. The summed E-state index contributed by atoms with van der Waals surface area (Å²) in [4.78, 5) is 28.1. The van der Waals surface area contributed by atoms with Crippen LogP contribution in [-0.4, -0.2) is 51.5 Å². The third-order valence-corrected chi connectivity index (χ3v) is 9.79. The number of benzene rings is 2. The van der Waals surface area contributed by atoms with E-state index in [4.69, 9.17) is 0 Å². The molecule has 3 aliphatic carbocycles. The first-order valence-corrected chi connectivity index (χ1v) is 16.3. The Labute approximate surface area is 238 Å². The molecule has 0 radical (unpaired) electrons. The second kappa shape index (κ2) is 12.5. The van der Waals surface area contributed by atoms with Crippen LogP contribution in [0, 0.1) is 12.8 Å². The number of rotatable bonds is 13. The number of carbonyl (C=O) groups is 2. The fraction of sp³-hybridized carbons (Fsp3) is 0.576. The van der Waals surface area contributed by atoms with E-state index in [0.717, 1.165) is 29.2 Å². The van der Waals surface area contributed by atoms with E-state index in [2.05, 4.69) is 41.4 Å². The highest BCUT2D eigenvalue weighted by atomic mass is 32.2. The van der Waals surface area contributed by atoms with Crippen LogP contribution >= 0.6 is 11.8 Å². The fourth-order valence-electron chi connectivity index (χ4n) is 6.66. The molecule has 3 fully saturated rings. The number of nitrogens with one attached hydrogen (secondary N) is 1. The maximum absolute atomic E-state index is 13.5. The topological polar surface area (TPSA) is 69.6 Å². The first kappa shape index (κ1) is 28.2. The molecule has 0 spiro atoms. The van der Waals surface area contributed by atoms with Crippen LogP contribution in [0.3, 0.4) is 0 Å². The van der Waals surface area contributed by atoms with Gasteiger partial charge in [0.15, 0.2) is 0 Å². The first-order chi connectivity index (χ1) is 18.9. The van der Waals surface area contributed by atoms with Gasteiger partial charge in [-0.05, 0) is 97.8 Å². The Morgan fingerprint density at radius 1 is 1.05 bits per heavy atom. The van der Waals surface area contributed by atoms with Gasteiger partial charge < -0.3 is 10.4 Å². The minimum atomic E-state index is -0.987. The van der Waals surface area contributed by atoms with Crippen LogP contribution in [0.1, 0.15) is 92.1 Å². The summed E-state index contributed by atoms with van der Waals surface area (Å²) in [6.07, 6.45) is 15.9. The van der Waals surface area contributed by atoms with Crippen molar-refractivity contribution < 1.29 is 14.7 Å². The smallest absolute Gasteiger partial charge is 0.326 e. The number of hydrogen-bond acceptors (Lipinski definition) is 4. The van der Waals surface area contributed by atoms with Crippen LogP contribution in [0.2, 0.25) is 0 Å². The largest absolute Gasteiger partial charge is 0.480 e. The van der Waals surface area contributed by atoms with Crippen molar-refractivity contribution in [2.75, 3.05) is 12.0 Å². The van der Waals surface area contributed by atoms with Gasteiger partial charge in [-0.25, -0.2) is 4.79 Å². The molecular formula is C33H44N2O3S. The second-order valence-electron chi connectivity index (χ2n) is 12.1. The van der Waals surface area contributed by atoms with Crippen molar-refractivity contribution >= 4 is 23.6 Å². The SMILES string of the molecule is CSCC[C@H](NC(=O)c1ccc(CN(C2CC2)C2(CC3CCCCC3)CC2)cc1-c1ccccc1C)C(=O)O. The maximum atomic E-state index is 13.5. The van der Waals surface area contributed by atoms with Crippen molar-refractivity contribution in [1.29, 1.82) is 0 Å². The normalized spacial score (nSPS) is 19.6. The van der Waals surface area contributed by atoms with Crippen molar-refractivity contribution in [2.45, 2.75) is 102 Å². The molecule has 0 unspecified atom stereocenters. The van der Waals surface area contributed by atoms with Gasteiger partial charge in [0.2, 0.25) is 0 Å². The second-order valence-corrected chi connectivity index (χ2v) is 13.1. The summed E-state index contributed by atoms with van der Waals surface area (Å²) in [5, 5.41) is 12.5. The van der Waals surface area contributed by atoms with E-state index < -0.39 is 12.0 Å². The molecule has 3 aliphatic rings. The number of carboxylic acids is 1. The highest BCUT2D eigenvalue weighted by Gasteiger charge is 2.53. The number of nitrogens with zero attached hydrogens (tertiary/aromatic N) is 1. The monoisotopic (exact) mass is 548 g/mol. The van der Waals surface area contributed by atoms with Crippen molar-refractivity contribution in [3.63, 3.8) is 0 Å². The zero-order valence-corrected chi connectivity index (χ0v) is 24.4. The third kappa shape index (κ3) is 6.89. The van der Waals surface area contributed by atoms with Gasteiger partial charge in [-0.2, -0.15) is 11.8 Å². The maximum Gasteiger partial charge on any atom is 0.326 e. The molecule has 5 rings (SSSR count). The van der Waals surface area contributed by atoms with E-state index in [9.17, 15) is 14.7 Å². The van der Waals surface area contributed by atoms with Crippen LogP contribution in [0.5, 0.6) is 0 Å². The molecule has 2 aromatic rings. The molecular weight excluding hydrogens is 504 g/mol. The first-order valence-electron chi connectivity index (χ1n) is 14.9. The van der Waals surface area contributed by atoms with Gasteiger partial charge in [0.05, 0.1) is 0 Å². The minimum absolute atomic E-state index is 0.316. The minimum Gasteiger partial charge on any atom is -0.480 e. The number of thioether (sulfide) groups is 1. The number of aryl methyl sites for hydroxylation is 1. The quantitative estimate of drug-likeness (QED) is 0.280. The zero-order chi connectivity index (χ0) is 27.4. The molecule has 0 aliphatic heterocycles. The number of aliphatic carboxylic acids is 1. The third-order valence-electron chi connectivity index (χ3n) is 9.15. The van der Waals surface area contributed by atoms with Crippen LogP contribution in [0.25, 0.3) is 11.1 Å². The lowest BCUT2D eigenvalue weighted by Crippen LogP contribution is -2.41. The van der Waals surface area contributed by atoms with E-state index in [-0.39, 0.29) is 5.91 Å². The molecule has 2 N–H and O–H groups in total. The molecule has 3 saturated carbocycles. The van der Waals surface area contributed by atoms with E-state index >= 15 is 0 Å². The van der Waals surface area contributed by atoms with Gasteiger partial charge in [0.1, 0.15) is 6.04 Å². The lowest BCUT2D eigenvalue weighted by Gasteiger charge is -2.36. The Hall–Kier alpha value is -2.31. The number of amides is 1. The Morgan fingerprint density at radius 3 is 2.44 bits per heavy atom. The average Bonchev–Trinajstić information content (AvgIpc) is 3.87. The van der Waals surface area contributed by atoms with Crippen molar-refractivity contribution in [3.05, 3.63) is 59.2 Å².